The van der Waals surface area contributed by atoms with Crippen molar-refractivity contribution < 1.29 is 39.5 Å². The van der Waals surface area contributed by atoms with Gasteiger partial charge in [-0.1, -0.05) is 6.07 Å². The van der Waals surface area contributed by atoms with E-state index in [1.165, 1.54) is 15.9 Å². The van der Waals surface area contributed by atoms with Crippen molar-refractivity contribution in [2.75, 3.05) is 5.73 Å². The number of anilines is 1. The van der Waals surface area contributed by atoms with Crippen LogP contribution in [0.15, 0.2) is 18.2 Å². The number of benzene rings is 1. The summed E-state index contributed by atoms with van der Waals surface area (Å²) in [5.41, 5.74) is -5.22. The molecule has 1 aromatic rings. The normalized spacial score (nSPS) is 16.7. The molecule has 0 bridgehead atoms. The largest absolute Gasteiger partial charge is 0.433 e. The molecular formula is C10H5BrF9N. The van der Waals surface area contributed by atoms with E-state index >= 15 is 0 Å². The zero-order chi connectivity index (χ0) is 16.9. The van der Waals surface area contributed by atoms with Gasteiger partial charge in [-0.2, -0.15) is 35.1 Å². The second kappa shape index (κ2) is 4.96. The number of nitrogen functional groups attached to an aromatic ring is 1. The van der Waals surface area contributed by atoms with Crippen LogP contribution in [-0.2, 0) is 11.8 Å². The predicted octanol–water partition coefficient (Wildman–Crippen LogP) is 5.00. The molecule has 1 aromatic carbocycles. The molecule has 0 aromatic heterocycles. The van der Waals surface area contributed by atoms with Crippen molar-refractivity contribution in [3.8, 4) is 0 Å². The minimum atomic E-state index is -6.17. The molecule has 120 valence electrons. The average molecular weight is 390 g/mol. The first-order valence-electron chi connectivity index (χ1n) is 4.92. The lowest BCUT2D eigenvalue weighted by atomic mass is 9.93. The summed E-state index contributed by atoms with van der Waals surface area (Å²) in [7, 11) is 0. The van der Waals surface area contributed by atoms with Crippen molar-refractivity contribution in [3.05, 3.63) is 29.3 Å². The maximum atomic E-state index is 13.9. The molecule has 0 amide bonds. The summed E-state index contributed by atoms with van der Waals surface area (Å²) in [4.78, 5) is -5.18. The molecule has 0 saturated heterocycles. The van der Waals surface area contributed by atoms with Crippen LogP contribution >= 0.6 is 15.9 Å². The molecular weight excluding hydrogens is 385 g/mol. The summed E-state index contributed by atoms with van der Waals surface area (Å²) >= 11 is 1.23. The Bertz CT molecular complexity index is 515. The Morgan fingerprint density at radius 1 is 0.857 bits per heavy atom. The highest BCUT2D eigenvalue weighted by atomic mass is 79.9. The van der Waals surface area contributed by atoms with Crippen LogP contribution in [0.5, 0.6) is 0 Å². The third-order valence-electron chi connectivity index (χ3n) is 2.54. The molecule has 1 nitrogen and oxygen atoms in total. The third kappa shape index (κ3) is 3.06. The molecule has 11 heteroatoms. The Hall–Kier alpha value is -1.13. The Morgan fingerprint density at radius 3 is 1.67 bits per heavy atom. The summed E-state index contributed by atoms with van der Waals surface area (Å²) in [6, 6.07) is 0.00218. The molecule has 0 aliphatic rings. The van der Waals surface area contributed by atoms with Gasteiger partial charge in [0.2, 0.25) is 0 Å². The van der Waals surface area contributed by atoms with Gasteiger partial charge in [0.05, 0.1) is 5.56 Å². The Kier molecular flexibility index (Phi) is 4.23. The first kappa shape index (κ1) is 17.9. The van der Waals surface area contributed by atoms with E-state index in [0.29, 0.717) is 0 Å². The molecule has 0 fully saturated rings. The Balaban J connectivity index is 3.64. The summed E-state index contributed by atoms with van der Waals surface area (Å²) in [6.45, 7) is 0. The number of rotatable bonds is 2. The number of alkyl halides is 10. The number of nitrogens with two attached hydrogens (primary N) is 1. The van der Waals surface area contributed by atoms with Gasteiger partial charge in [0.15, 0.2) is 0 Å². The van der Waals surface area contributed by atoms with E-state index in [9.17, 15) is 39.5 Å². The SMILES string of the molecule is Nc1ccc(C(F)(C(F)(F)F)C(F)(F)Br)cc1C(F)(F)F. The topological polar surface area (TPSA) is 26.0 Å². The summed E-state index contributed by atoms with van der Waals surface area (Å²) in [5.74, 6) is 0. The van der Waals surface area contributed by atoms with Gasteiger partial charge in [-0.25, -0.2) is 4.39 Å². The van der Waals surface area contributed by atoms with Crippen molar-refractivity contribution in [1.82, 2.24) is 0 Å². The van der Waals surface area contributed by atoms with Crippen LogP contribution in [-0.4, -0.2) is 11.0 Å². The highest BCUT2D eigenvalue weighted by Crippen LogP contribution is 2.55. The summed E-state index contributed by atoms with van der Waals surface area (Å²) < 4.78 is 115. The number of hydrogen-bond donors (Lipinski definition) is 1. The molecule has 0 aliphatic heterocycles. The van der Waals surface area contributed by atoms with E-state index in [2.05, 4.69) is 0 Å². The first-order valence-corrected chi connectivity index (χ1v) is 5.71. The quantitative estimate of drug-likeness (QED) is 0.429. The molecule has 0 heterocycles. The van der Waals surface area contributed by atoms with Gasteiger partial charge in [0.1, 0.15) is 0 Å². The van der Waals surface area contributed by atoms with Crippen molar-refractivity contribution in [2.45, 2.75) is 22.9 Å². The van der Waals surface area contributed by atoms with Crippen LogP contribution in [0, 0.1) is 0 Å². The fraction of sp³-hybridized carbons (Fsp3) is 0.400. The van der Waals surface area contributed by atoms with Crippen LogP contribution in [0.3, 0.4) is 0 Å². The predicted molar refractivity (Wildman–Crippen MR) is 58.6 cm³/mol. The zero-order valence-electron chi connectivity index (χ0n) is 9.59. The van der Waals surface area contributed by atoms with E-state index in [0.717, 1.165) is 0 Å². The maximum absolute atomic E-state index is 13.9. The smallest absolute Gasteiger partial charge is 0.398 e. The minimum Gasteiger partial charge on any atom is -0.398 e. The van der Waals surface area contributed by atoms with Crippen molar-refractivity contribution >= 4 is 21.6 Å². The van der Waals surface area contributed by atoms with Crippen LogP contribution in [0.2, 0.25) is 0 Å². The third-order valence-corrected chi connectivity index (χ3v) is 3.08. The second-order valence-electron chi connectivity index (χ2n) is 3.95. The molecule has 1 atom stereocenters. The monoisotopic (exact) mass is 389 g/mol. The Morgan fingerprint density at radius 2 is 1.33 bits per heavy atom. The molecule has 1 rings (SSSR count). The van der Waals surface area contributed by atoms with Crippen LogP contribution in [0.1, 0.15) is 11.1 Å². The number of halogens is 10. The van der Waals surface area contributed by atoms with Gasteiger partial charge in [-0.3, -0.25) is 0 Å². The molecule has 1 unspecified atom stereocenters. The van der Waals surface area contributed by atoms with Gasteiger partial charge in [-0.15, -0.1) is 0 Å². The van der Waals surface area contributed by atoms with Gasteiger partial charge >= 0.3 is 22.9 Å². The molecule has 0 saturated carbocycles. The zero-order valence-corrected chi connectivity index (χ0v) is 11.2. The lowest BCUT2D eigenvalue weighted by Gasteiger charge is -2.32. The summed E-state index contributed by atoms with van der Waals surface area (Å²) in [6.07, 6.45) is -11.4. The molecule has 2 N–H and O–H groups in total. The average Bonchev–Trinajstić information content (AvgIpc) is 2.23. The van der Waals surface area contributed by atoms with Gasteiger partial charge in [0.25, 0.3) is 0 Å². The van der Waals surface area contributed by atoms with E-state index < -0.39 is 45.7 Å². The lowest BCUT2D eigenvalue weighted by molar-refractivity contribution is -0.282. The second-order valence-corrected chi connectivity index (χ2v) is 4.95. The standard InChI is InChI=1S/C10H5BrF9N/c11-9(16,17)7(12,10(18,19)20)4-1-2-6(21)5(3-4)8(13,14)15/h1-3H,21H2. The van der Waals surface area contributed by atoms with Crippen molar-refractivity contribution in [1.29, 1.82) is 0 Å². The first-order chi connectivity index (χ1) is 9.12. The van der Waals surface area contributed by atoms with Crippen molar-refractivity contribution in [2.24, 2.45) is 0 Å². The molecule has 0 aliphatic carbocycles. The van der Waals surface area contributed by atoms with E-state index in [1.807, 2.05) is 0 Å². The van der Waals surface area contributed by atoms with Crippen LogP contribution in [0.25, 0.3) is 0 Å². The van der Waals surface area contributed by atoms with Crippen LogP contribution < -0.4 is 5.73 Å². The summed E-state index contributed by atoms with van der Waals surface area (Å²) in [5, 5.41) is 0. The van der Waals surface area contributed by atoms with Gasteiger partial charge in [0, 0.05) is 11.3 Å². The fourth-order valence-electron chi connectivity index (χ4n) is 1.50. The molecule has 21 heavy (non-hydrogen) atoms. The maximum Gasteiger partial charge on any atom is 0.433 e. The number of hydrogen-bond acceptors (Lipinski definition) is 1. The molecule has 0 spiro atoms. The molecule has 0 radical (unpaired) electrons. The van der Waals surface area contributed by atoms with Gasteiger partial charge in [-0.05, 0) is 28.1 Å². The lowest BCUT2D eigenvalue weighted by Crippen LogP contribution is -2.49. The fourth-order valence-corrected chi connectivity index (χ4v) is 1.96. The van der Waals surface area contributed by atoms with E-state index in [-0.39, 0.29) is 12.1 Å². The van der Waals surface area contributed by atoms with Crippen molar-refractivity contribution in [3.63, 3.8) is 0 Å². The Labute approximate surface area is 120 Å². The van der Waals surface area contributed by atoms with E-state index in [4.69, 9.17) is 5.73 Å². The highest BCUT2D eigenvalue weighted by molar-refractivity contribution is 9.10. The highest BCUT2D eigenvalue weighted by Gasteiger charge is 2.71. The van der Waals surface area contributed by atoms with E-state index in [1.54, 1.807) is 0 Å². The van der Waals surface area contributed by atoms with Gasteiger partial charge < -0.3 is 5.73 Å². The van der Waals surface area contributed by atoms with Crippen LogP contribution in [0.4, 0.5) is 45.2 Å². The minimum absolute atomic E-state index is 0.118.